The first-order valence-electron chi connectivity index (χ1n) is 5.74. The number of hydrogen-bond donors (Lipinski definition) is 2. The van der Waals surface area contributed by atoms with E-state index in [0.29, 0.717) is 5.56 Å². The van der Waals surface area contributed by atoms with Crippen molar-refractivity contribution < 1.29 is 18.3 Å². The van der Waals surface area contributed by atoms with Gasteiger partial charge in [-0.3, -0.25) is 4.79 Å². The van der Waals surface area contributed by atoms with Crippen molar-refractivity contribution in [1.29, 1.82) is 0 Å². The normalized spacial score (nSPS) is 30.1. The van der Waals surface area contributed by atoms with E-state index in [-0.39, 0.29) is 5.75 Å². The largest absolute Gasteiger partial charge is 0.480 e. The number of halogens is 1. The lowest BCUT2D eigenvalue weighted by Gasteiger charge is -2.05. The van der Waals surface area contributed by atoms with Crippen molar-refractivity contribution in [2.24, 2.45) is 5.73 Å². The molecule has 1 aliphatic rings. The zero-order valence-corrected chi connectivity index (χ0v) is 12.6. The van der Waals surface area contributed by atoms with Gasteiger partial charge in [-0.2, -0.15) is 0 Å². The van der Waals surface area contributed by atoms with Gasteiger partial charge in [0.1, 0.15) is 5.54 Å². The molecule has 5 nitrogen and oxygen atoms in total. The highest BCUT2D eigenvalue weighted by molar-refractivity contribution is 9.10. The van der Waals surface area contributed by atoms with Gasteiger partial charge in [-0.1, -0.05) is 35.0 Å². The molecule has 2 rings (SSSR count). The maximum atomic E-state index is 12.0. The standard InChI is InChI=1S/C12H14BrNO4S/c1-2-19(17,18)10-9(12(10,14)11(15)16)7-3-5-8(13)6-4-7/h3-6,9-10H,2,14H2,1H3,(H,15,16)/t9-,10-,12+/m1/s1. The molecule has 0 bridgehead atoms. The zero-order valence-electron chi connectivity index (χ0n) is 10.2. The summed E-state index contributed by atoms with van der Waals surface area (Å²) in [6.45, 7) is 1.49. The number of carboxylic acids is 1. The molecule has 0 unspecified atom stereocenters. The van der Waals surface area contributed by atoms with Gasteiger partial charge in [-0.05, 0) is 17.7 Å². The van der Waals surface area contributed by atoms with Crippen LogP contribution in [0.3, 0.4) is 0 Å². The Balaban J connectivity index is 2.45. The van der Waals surface area contributed by atoms with Gasteiger partial charge in [0.15, 0.2) is 9.84 Å². The Labute approximate surface area is 119 Å². The molecule has 1 aliphatic carbocycles. The minimum atomic E-state index is -3.50. The molecule has 19 heavy (non-hydrogen) atoms. The molecule has 1 fully saturated rings. The number of nitrogens with two attached hydrogens (primary N) is 1. The Morgan fingerprint density at radius 3 is 2.37 bits per heavy atom. The molecule has 104 valence electrons. The van der Waals surface area contributed by atoms with Gasteiger partial charge in [-0.15, -0.1) is 0 Å². The molecule has 3 N–H and O–H groups in total. The molecular formula is C12H14BrNO4S. The van der Waals surface area contributed by atoms with Crippen LogP contribution in [0.15, 0.2) is 28.7 Å². The first kappa shape index (κ1) is 14.5. The molecule has 0 radical (unpaired) electrons. The predicted octanol–water partition coefficient (Wildman–Crippen LogP) is 1.13. The Kier molecular flexibility index (Phi) is 3.49. The average Bonchev–Trinajstić information content (AvgIpc) is 2.99. The predicted molar refractivity (Wildman–Crippen MR) is 74.7 cm³/mol. The van der Waals surface area contributed by atoms with Crippen molar-refractivity contribution in [2.75, 3.05) is 5.75 Å². The monoisotopic (exact) mass is 347 g/mol. The summed E-state index contributed by atoms with van der Waals surface area (Å²) < 4.78 is 24.8. The maximum absolute atomic E-state index is 12.0. The highest BCUT2D eigenvalue weighted by Crippen LogP contribution is 2.54. The van der Waals surface area contributed by atoms with Gasteiger partial charge in [-0.25, -0.2) is 8.42 Å². The molecule has 3 atom stereocenters. The van der Waals surface area contributed by atoms with E-state index in [9.17, 15) is 18.3 Å². The number of aliphatic carboxylic acids is 1. The fourth-order valence-electron chi connectivity index (χ4n) is 2.43. The second-order valence-corrected chi connectivity index (χ2v) is 7.97. The molecular weight excluding hydrogens is 334 g/mol. The quantitative estimate of drug-likeness (QED) is 0.850. The lowest BCUT2D eigenvalue weighted by molar-refractivity contribution is -0.139. The van der Waals surface area contributed by atoms with Crippen LogP contribution in [0, 0.1) is 0 Å². The smallest absolute Gasteiger partial charge is 0.325 e. The number of hydrogen-bond acceptors (Lipinski definition) is 4. The summed E-state index contributed by atoms with van der Waals surface area (Å²) in [6, 6.07) is 6.88. The van der Waals surface area contributed by atoms with E-state index in [0.717, 1.165) is 4.47 Å². The lowest BCUT2D eigenvalue weighted by atomic mass is 10.1. The van der Waals surface area contributed by atoms with E-state index >= 15 is 0 Å². The van der Waals surface area contributed by atoms with Gasteiger partial charge < -0.3 is 10.8 Å². The van der Waals surface area contributed by atoms with E-state index in [1.54, 1.807) is 24.3 Å². The third-order valence-electron chi connectivity index (χ3n) is 3.57. The van der Waals surface area contributed by atoms with Crippen LogP contribution in [-0.2, 0) is 14.6 Å². The summed E-state index contributed by atoms with van der Waals surface area (Å²) in [5.41, 5.74) is 4.73. The van der Waals surface area contributed by atoms with E-state index in [1.807, 2.05) is 0 Å². The van der Waals surface area contributed by atoms with Crippen molar-refractivity contribution >= 4 is 31.7 Å². The molecule has 7 heteroatoms. The summed E-state index contributed by atoms with van der Waals surface area (Å²) in [7, 11) is -3.50. The first-order chi connectivity index (χ1) is 8.75. The number of rotatable bonds is 4. The first-order valence-corrected chi connectivity index (χ1v) is 8.25. The van der Waals surface area contributed by atoms with Crippen molar-refractivity contribution in [3.8, 4) is 0 Å². The third kappa shape index (κ3) is 2.19. The molecule has 0 saturated heterocycles. The Morgan fingerprint density at radius 2 is 1.95 bits per heavy atom. The fourth-order valence-corrected chi connectivity index (χ4v) is 4.62. The van der Waals surface area contributed by atoms with Crippen LogP contribution < -0.4 is 5.73 Å². The number of benzene rings is 1. The minimum Gasteiger partial charge on any atom is -0.480 e. The molecule has 1 aromatic carbocycles. The number of sulfone groups is 1. The summed E-state index contributed by atoms with van der Waals surface area (Å²) in [5, 5.41) is 8.18. The highest BCUT2D eigenvalue weighted by Gasteiger charge is 2.73. The van der Waals surface area contributed by atoms with Gasteiger partial charge >= 0.3 is 5.97 Å². The van der Waals surface area contributed by atoms with Gasteiger partial charge in [0.05, 0.1) is 5.25 Å². The van der Waals surface area contributed by atoms with Crippen LogP contribution in [-0.4, -0.2) is 36.0 Å². The minimum absolute atomic E-state index is 0.114. The summed E-state index contributed by atoms with van der Waals surface area (Å²) in [5.74, 6) is -2.08. The fraction of sp³-hybridized carbons (Fsp3) is 0.417. The average molecular weight is 348 g/mol. The van der Waals surface area contributed by atoms with Gasteiger partial charge in [0.25, 0.3) is 0 Å². The summed E-state index contributed by atoms with van der Waals surface area (Å²) in [4.78, 5) is 11.3. The topological polar surface area (TPSA) is 97.5 Å². The molecule has 1 aromatic rings. The Bertz CT molecular complexity index is 613. The maximum Gasteiger partial charge on any atom is 0.325 e. The summed E-state index contributed by atoms with van der Waals surface area (Å²) >= 11 is 3.27. The van der Waals surface area contributed by atoms with Crippen molar-refractivity contribution in [1.82, 2.24) is 0 Å². The summed E-state index contributed by atoms with van der Waals surface area (Å²) in [6.07, 6.45) is 0. The molecule has 0 aliphatic heterocycles. The SMILES string of the molecule is CCS(=O)(=O)[C@@H]1[C@@H](c2ccc(Br)cc2)[C@@]1(N)C(=O)O. The van der Waals surface area contributed by atoms with E-state index < -0.39 is 32.5 Å². The molecule has 1 saturated carbocycles. The van der Waals surface area contributed by atoms with Crippen LogP contribution >= 0.6 is 15.9 Å². The van der Waals surface area contributed by atoms with E-state index in [2.05, 4.69) is 15.9 Å². The molecule has 0 heterocycles. The molecule has 0 amide bonds. The molecule has 0 spiro atoms. The van der Waals surface area contributed by atoms with Crippen LogP contribution in [0.1, 0.15) is 18.4 Å². The molecule has 0 aromatic heterocycles. The number of carbonyl (C=O) groups is 1. The van der Waals surface area contributed by atoms with Crippen molar-refractivity contribution in [2.45, 2.75) is 23.6 Å². The zero-order chi connectivity index (χ0) is 14.4. The highest BCUT2D eigenvalue weighted by atomic mass is 79.9. The Morgan fingerprint density at radius 1 is 1.42 bits per heavy atom. The Hall–Kier alpha value is -0.920. The van der Waals surface area contributed by atoms with Crippen molar-refractivity contribution in [3.05, 3.63) is 34.3 Å². The lowest BCUT2D eigenvalue weighted by Crippen LogP contribution is -2.40. The number of carboxylic acid groups (broad SMARTS) is 1. The van der Waals surface area contributed by atoms with Crippen molar-refractivity contribution in [3.63, 3.8) is 0 Å². The second-order valence-electron chi connectivity index (χ2n) is 4.64. The third-order valence-corrected chi connectivity index (χ3v) is 6.34. The van der Waals surface area contributed by atoms with Crippen LogP contribution in [0.25, 0.3) is 0 Å². The van der Waals surface area contributed by atoms with Crippen LogP contribution in [0.2, 0.25) is 0 Å². The van der Waals surface area contributed by atoms with Crippen LogP contribution in [0.4, 0.5) is 0 Å². The van der Waals surface area contributed by atoms with E-state index in [1.165, 1.54) is 6.92 Å². The van der Waals surface area contributed by atoms with Gasteiger partial charge in [0.2, 0.25) is 0 Å². The van der Waals surface area contributed by atoms with Crippen LogP contribution in [0.5, 0.6) is 0 Å². The second kappa shape index (κ2) is 4.57. The van der Waals surface area contributed by atoms with Gasteiger partial charge in [0, 0.05) is 16.1 Å². The van der Waals surface area contributed by atoms with E-state index in [4.69, 9.17) is 5.73 Å².